The van der Waals surface area contributed by atoms with Crippen molar-refractivity contribution < 1.29 is 8.83 Å². The van der Waals surface area contributed by atoms with Gasteiger partial charge in [0.1, 0.15) is 17.3 Å². The first kappa shape index (κ1) is 24.5. The number of rotatable bonds is 0. The summed E-state index contributed by atoms with van der Waals surface area (Å²) >= 11 is 1.78. The molecule has 3 rings (SSSR count). The van der Waals surface area contributed by atoms with E-state index in [0.717, 1.165) is 17.3 Å². The van der Waals surface area contributed by atoms with Crippen LogP contribution in [0.25, 0.3) is 0 Å². The molecule has 0 aromatic carbocycles. The number of furan rings is 2. The summed E-state index contributed by atoms with van der Waals surface area (Å²) in [6.07, 6.45) is 1.66. The molecule has 0 saturated heterocycles. The van der Waals surface area contributed by atoms with Crippen LogP contribution in [0, 0.1) is 34.6 Å². The fourth-order valence-corrected chi connectivity index (χ4v) is 2.01. The third-order valence-corrected chi connectivity index (χ3v) is 3.42. The van der Waals surface area contributed by atoms with Crippen molar-refractivity contribution in [3.8, 4) is 0 Å². The van der Waals surface area contributed by atoms with Gasteiger partial charge >= 0.3 is 0 Å². The minimum absolute atomic E-state index is 0.968. The normalized spacial score (nSPS) is 8.21. The molecule has 0 fully saturated rings. The molecule has 0 aliphatic heterocycles. The van der Waals surface area contributed by atoms with Crippen molar-refractivity contribution in [1.82, 2.24) is 0 Å². The van der Waals surface area contributed by atoms with E-state index in [0.29, 0.717) is 0 Å². The third-order valence-electron chi connectivity index (χ3n) is 2.62. The molecule has 0 saturated carbocycles. The lowest BCUT2D eigenvalue weighted by Crippen LogP contribution is -1.63. The second kappa shape index (κ2) is 16.1. The average Bonchev–Trinajstić information content (AvgIpc) is 3.31. The minimum Gasteiger partial charge on any atom is -0.470 e. The van der Waals surface area contributed by atoms with Crippen LogP contribution in [0.3, 0.4) is 0 Å². The van der Waals surface area contributed by atoms with Crippen molar-refractivity contribution in [2.24, 2.45) is 0 Å². The zero-order valence-corrected chi connectivity index (χ0v) is 17.6. The Kier molecular flexibility index (Phi) is 16.5. The van der Waals surface area contributed by atoms with Gasteiger partial charge in [0.05, 0.1) is 6.26 Å². The lowest BCUT2D eigenvalue weighted by molar-refractivity contribution is 0.502. The maximum absolute atomic E-state index is 5.21. The van der Waals surface area contributed by atoms with E-state index >= 15 is 0 Å². The Morgan fingerprint density at radius 3 is 1.54 bits per heavy atom. The van der Waals surface area contributed by atoms with Gasteiger partial charge in [-0.15, -0.1) is 11.3 Å². The van der Waals surface area contributed by atoms with Gasteiger partial charge in [0.15, 0.2) is 0 Å². The monoisotopic (exact) mass is 350 g/mol. The van der Waals surface area contributed by atoms with Crippen LogP contribution >= 0.6 is 11.3 Å². The standard InChI is InChI=1S/C7H10O.C5H6O.C5H6S.2C2H6/c1-5-4-6(2)8-7(5)3;2*1-5-3-2-4-6-5;2*1-2/h4H,1-3H3;2*2-4H,1H3;2*1-2H3. The highest BCUT2D eigenvalue weighted by atomic mass is 32.1. The summed E-state index contributed by atoms with van der Waals surface area (Å²) in [5, 5.41) is 2.08. The summed E-state index contributed by atoms with van der Waals surface area (Å²) in [5.74, 6) is 3.00. The first-order chi connectivity index (χ1) is 11.5. The molecular weight excluding hydrogens is 316 g/mol. The topological polar surface area (TPSA) is 26.3 Å². The van der Waals surface area contributed by atoms with E-state index in [9.17, 15) is 0 Å². The van der Waals surface area contributed by atoms with Gasteiger partial charge in [0, 0.05) is 4.88 Å². The van der Waals surface area contributed by atoms with E-state index in [-0.39, 0.29) is 0 Å². The second-order valence-corrected chi connectivity index (χ2v) is 5.70. The SMILES string of the molecule is CC.CC.Cc1cc(C)c(C)o1.Cc1ccco1.Cc1cccs1. The van der Waals surface area contributed by atoms with Crippen molar-refractivity contribution in [1.29, 1.82) is 0 Å². The largest absolute Gasteiger partial charge is 0.470 e. The Morgan fingerprint density at radius 1 is 0.792 bits per heavy atom. The van der Waals surface area contributed by atoms with Gasteiger partial charge in [-0.3, -0.25) is 0 Å². The molecule has 3 heterocycles. The van der Waals surface area contributed by atoms with Crippen LogP contribution in [0.1, 0.15) is 55.4 Å². The molecule has 0 amide bonds. The predicted octanol–water partition coefficient (Wildman–Crippen LogP) is 7.90. The van der Waals surface area contributed by atoms with Crippen LogP contribution in [0.2, 0.25) is 0 Å². The summed E-state index contributed by atoms with van der Waals surface area (Å²) in [7, 11) is 0. The minimum atomic E-state index is 0.968. The van der Waals surface area contributed by atoms with E-state index in [1.54, 1.807) is 17.6 Å². The van der Waals surface area contributed by atoms with Gasteiger partial charge in [0.25, 0.3) is 0 Å². The molecule has 0 aliphatic rings. The molecule has 0 spiro atoms. The zero-order chi connectivity index (χ0) is 19.0. The number of aryl methyl sites for hydroxylation is 5. The highest BCUT2D eigenvalue weighted by molar-refractivity contribution is 7.09. The van der Waals surface area contributed by atoms with Gasteiger partial charge in [-0.2, -0.15) is 0 Å². The van der Waals surface area contributed by atoms with Crippen molar-refractivity contribution in [2.75, 3.05) is 0 Å². The smallest absolute Gasteiger partial charge is 0.103 e. The molecule has 0 atom stereocenters. The van der Waals surface area contributed by atoms with Gasteiger partial charge in [-0.25, -0.2) is 0 Å². The molecule has 3 heteroatoms. The first-order valence-corrected chi connectivity index (χ1v) is 9.41. The Hall–Kier alpha value is -1.74. The highest BCUT2D eigenvalue weighted by Crippen LogP contribution is 2.10. The van der Waals surface area contributed by atoms with E-state index in [1.165, 1.54) is 10.4 Å². The molecule has 0 N–H and O–H groups in total. The van der Waals surface area contributed by atoms with Crippen LogP contribution in [0.4, 0.5) is 0 Å². The summed E-state index contributed by atoms with van der Waals surface area (Å²) in [6, 6.07) is 9.98. The fraction of sp³-hybridized carbons (Fsp3) is 0.429. The van der Waals surface area contributed by atoms with E-state index in [2.05, 4.69) is 24.4 Å². The maximum Gasteiger partial charge on any atom is 0.103 e. The molecule has 24 heavy (non-hydrogen) atoms. The van der Waals surface area contributed by atoms with Gasteiger partial charge in [0.2, 0.25) is 0 Å². The lowest BCUT2D eigenvalue weighted by Gasteiger charge is -1.80. The summed E-state index contributed by atoms with van der Waals surface area (Å²) in [6.45, 7) is 18.0. The van der Waals surface area contributed by atoms with Crippen LogP contribution in [-0.4, -0.2) is 0 Å². The van der Waals surface area contributed by atoms with Gasteiger partial charge < -0.3 is 8.83 Å². The average molecular weight is 351 g/mol. The number of hydrogen-bond donors (Lipinski definition) is 0. The Labute approximate surface area is 152 Å². The van der Waals surface area contributed by atoms with Crippen LogP contribution < -0.4 is 0 Å². The van der Waals surface area contributed by atoms with Gasteiger partial charge in [-0.05, 0) is 69.8 Å². The molecule has 0 aliphatic carbocycles. The predicted molar refractivity (Wildman–Crippen MR) is 108 cm³/mol. The molecule has 136 valence electrons. The lowest BCUT2D eigenvalue weighted by atomic mass is 10.3. The molecule has 2 nitrogen and oxygen atoms in total. The quantitative estimate of drug-likeness (QED) is 0.412. The molecule has 0 radical (unpaired) electrons. The molecule has 0 bridgehead atoms. The molecular formula is C21H34O2S. The maximum atomic E-state index is 5.21. The summed E-state index contributed by atoms with van der Waals surface area (Å²) < 4.78 is 10.0. The Bertz CT molecular complexity index is 524. The van der Waals surface area contributed by atoms with E-state index in [4.69, 9.17) is 8.83 Å². The summed E-state index contributed by atoms with van der Waals surface area (Å²) in [4.78, 5) is 1.38. The number of hydrogen-bond acceptors (Lipinski definition) is 3. The van der Waals surface area contributed by atoms with E-state index < -0.39 is 0 Å². The van der Waals surface area contributed by atoms with Crippen molar-refractivity contribution >= 4 is 11.3 Å². The first-order valence-electron chi connectivity index (χ1n) is 8.53. The van der Waals surface area contributed by atoms with Crippen molar-refractivity contribution in [3.05, 3.63) is 69.7 Å². The zero-order valence-electron chi connectivity index (χ0n) is 16.8. The molecule has 3 aromatic rings. The van der Waals surface area contributed by atoms with Crippen molar-refractivity contribution in [2.45, 2.75) is 62.3 Å². The molecule has 3 aromatic heterocycles. The van der Waals surface area contributed by atoms with Crippen LogP contribution in [0.5, 0.6) is 0 Å². The van der Waals surface area contributed by atoms with Crippen LogP contribution in [-0.2, 0) is 0 Å². The van der Waals surface area contributed by atoms with Crippen molar-refractivity contribution in [3.63, 3.8) is 0 Å². The van der Waals surface area contributed by atoms with Crippen LogP contribution in [0.15, 0.2) is 50.8 Å². The van der Waals surface area contributed by atoms with Gasteiger partial charge in [-0.1, -0.05) is 33.8 Å². The Balaban J connectivity index is 0. The van der Waals surface area contributed by atoms with E-state index in [1.807, 2.05) is 73.6 Å². The highest BCUT2D eigenvalue weighted by Gasteiger charge is 1.95. The summed E-state index contributed by atoms with van der Waals surface area (Å²) in [5.41, 5.74) is 1.24. The Morgan fingerprint density at radius 2 is 1.42 bits per heavy atom. The molecule has 0 unspecified atom stereocenters. The second-order valence-electron chi connectivity index (χ2n) is 4.54. The fourth-order valence-electron chi connectivity index (χ4n) is 1.48. The number of thiophene rings is 1. The third kappa shape index (κ3) is 12.8.